The van der Waals surface area contributed by atoms with E-state index in [9.17, 15) is 0 Å². The van der Waals surface area contributed by atoms with Gasteiger partial charge in [-0.3, -0.25) is 4.57 Å². The zero-order valence-electron chi connectivity index (χ0n) is 26.5. The minimum absolute atomic E-state index is 0.876. The molecule has 0 atom stereocenters. The Balaban J connectivity index is 1.09. The molecule has 0 saturated carbocycles. The van der Waals surface area contributed by atoms with Crippen LogP contribution in [0.2, 0.25) is 0 Å². The van der Waals surface area contributed by atoms with E-state index in [1.54, 1.807) is 0 Å². The second-order valence-electron chi connectivity index (χ2n) is 12.9. The molecule has 11 rings (SSSR count). The van der Waals surface area contributed by atoms with Crippen LogP contribution in [0.5, 0.6) is 0 Å². The molecule has 0 radical (unpaired) electrons. The average molecular weight is 625 g/mol. The van der Waals surface area contributed by atoms with Crippen molar-refractivity contribution in [1.82, 2.24) is 9.13 Å². The van der Waals surface area contributed by atoms with Gasteiger partial charge < -0.3 is 8.98 Å². The summed E-state index contributed by atoms with van der Waals surface area (Å²) >= 11 is 0. The van der Waals surface area contributed by atoms with Crippen LogP contribution in [0.25, 0.3) is 98.8 Å². The molecule has 0 aliphatic heterocycles. The number of nitrogens with zero attached hydrogens (tertiary/aromatic N) is 2. The van der Waals surface area contributed by atoms with Crippen molar-refractivity contribution >= 4 is 76.3 Å². The Bertz CT molecular complexity index is 3050. The quantitative estimate of drug-likeness (QED) is 0.179. The molecule has 0 unspecified atom stereocenters. The first-order valence-corrected chi connectivity index (χ1v) is 16.8. The fourth-order valence-electron chi connectivity index (χ4n) is 8.17. The van der Waals surface area contributed by atoms with Gasteiger partial charge in [0.15, 0.2) is 0 Å². The number of rotatable bonds is 3. The molecule has 0 N–H and O–H groups in total. The topological polar surface area (TPSA) is 23.0 Å². The van der Waals surface area contributed by atoms with Crippen molar-refractivity contribution in [2.24, 2.45) is 0 Å². The summed E-state index contributed by atoms with van der Waals surface area (Å²) in [5.74, 6) is 0. The number of benzene rings is 8. The smallest absolute Gasteiger partial charge is 0.213 e. The van der Waals surface area contributed by atoms with Gasteiger partial charge in [-0.1, -0.05) is 115 Å². The monoisotopic (exact) mass is 624 g/mol. The molecule has 228 valence electrons. The molecule has 0 spiro atoms. The number of fused-ring (bicyclic) bond motifs is 11. The summed E-state index contributed by atoms with van der Waals surface area (Å²) in [6, 6.07) is 61.2. The third-order valence-corrected chi connectivity index (χ3v) is 10.3. The Morgan fingerprint density at radius 2 is 0.980 bits per heavy atom. The standard InChI is InChI=1S/C46H28N2O/c1-2-11-32(12-3-1)48-42-19-9-6-15-39(42)45-44-36(16-10-20-43(44)49-46(45)48)30-23-25-34-29(27-30)21-22-31-28-33(24-26-35(31)34)47-40-17-7-4-13-37(40)38-14-5-8-18-41(38)47/h1-28H. The lowest BCUT2D eigenvalue weighted by atomic mass is 9.95. The fourth-order valence-corrected chi connectivity index (χ4v) is 8.17. The normalized spacial score (nSPS) is 12.1. The van der Waals surface area contributed by atoms with Gasteiger partial charge in [-0.25, -0.2) is 0 Å². The van der Waals surface area contributed by atoms with E-state index in [1.807, 2.05) is 0 Å². The van der Waals surface area contributed by atoms with Crippen LogP contribution in [0, 0.1) is 0 Å². The Hall–Kier alpha value is -6.58. The van der Waals surface area contributed by atoms with Gasteiger partial charge in [0.25, 0.3) is 0 Å². The molecule has 49 heavy (non-hydrogen) atoms. The first-order valence-electron chi connectivity index (χ1n) is 16.8. The van der Waals surface area contributed by atoms with Crippen LogP contribution in [-0.4, -0.2) is 9.13 Å². The maximum Gasteiger partial charge on any atom is 0.213 e. The summed E-state index contributed by atoms with van der Waals surface area (Å²) < 4.78 is 11.3. The molecular weight excluding hydrogens is 597 g/mol. The Labute approximate surface area is 281 Å². The molecule has 3 heterocycles. The fraction of sp³-hybridized carbons (Fsp3) is 0. The van der Waals surface area contributed by atoms with Crippen LogP contribution in [-0.2, 0) is 0 Å². The summed E-state index contributed by atoms with van der Waals surface area (Å²) in [6.07, 6.45) is 0. The molecular formula is C46H28N2O. The molecule has 8 aromatic carbocycles. The summed E-state index contributed by atoms with van der Waals surface area (Å²) in [5.41, 5.74) is 9.99. The maximum atomic E-state index is 6.69. The van der Waals surface area contributed by atoms with Crippen molar-refractivity contribution in [2.75, 3.05) is 0 Å². The Morgan fingerprint density at radius 3 is 1.71 bits per heavy atom. The predicted molar refractivity (Wildman–Crippen MR) is 205 cm³/mol. The molecule has 0 bridgehead atoms. The van der Waals surface area contributed by atoms with Gasteiger partial charge in [0.05, 0.1) is 21.9 Å². The van der Waals surface area contributed by atoms with Gasteiger partial charge in [0, 0.05) is 32.9 Å². The summed E-state index contributed by atoms with van der Waals surface area (Å²) in [7, 11) is 0. The van der Waals surface area contributed by atoms with Gasteiger partial charge in [0.1, 0.15) is 5.58 Å². The van der Waals surface area contributed by atoms with E-state index in [1.165, 1.54) is 65.6 Å². The van der Waals surface area contributed by atoms with Crippen LogP contribution >= 0.6 is 0 Å². The minimum Gasteiger partial charge on any atom is -0.439 e. The minimum atomic E-state index is 0.876. The first-order chi connectivity index (χ1) is 24.3. The second-order valence-corrected chi connectivity index (χ2v) is 12.9. The summed E-state index contributed by atoms with van der Waals surface area (Å²) in [6.45, 7) is 0. The van der Waals surface area contributed by atoms with Crippen molar-refractivity contribution in [3.63, 3.8) is 0 Å². The highest BCUT2D eigenvalue weighted by atomic mass is 16.3. The van der Waals surface area contributed by atoms with Crippen molar-refractivity contribution < 1.29 is 4.42 Å². The van der Waals surface area contributed by atoms with E-state index < -0.39 is 0 Å². The highest BCUT2D eigenvalue weighted by Gasteiger charge is 2.21. The number of hydrogen-bond acceptors (Lipinski definition) is 1. The third kappa shape index (κ3) is 3.73. The van der Waals surface area contributed by atoms with E-state index in [4.69, 9.17) is 4.42 Å². The molecule has 11 aromatic rings. The van der Waals surface area contributed by atoms with E-state index in [-0.39, 0.29) is 0 Å². The molecule has 0 aliphatic carbocycles. The molecule has 0 saturated heterocycles. The highest BCUT2D eigenvalue weighted by Crippen LogP contribution is 2.44. The van der Waals surface area contributed by atoms with E-state index in [2.05, 4.69) is 179 Å². The van der Waals surface area contributed by atoms with Crippen LogP contribution < -0.4 is 0 Å². The zero-order chi connectivity index (χ0) is 32.1. The Kier molecular flexibility index (Phi) is 5.38. The number of furan rings is 1. The van der Waals surface area contributed by atoms with E-state index in [0.717, 1.165) is 33.3 Å². The van der Waals surface area contributed by atoms with Gasteiger partial charge in [-0.15, -0.1) is 0 Å². The maximum absolute atomic E-state index is 6.69. The first kappa shape index (κ1) is 26.5. The van der Waals surface area contributed by atoms with Crippen LogP contribution in [0.3, 0.4) is 0 Å². The van der Waals surface area contributed by atoms with Crippen LogP contribution in [0.1, 0.15) is 0 Å². The highest BCUT2D eigenvalue weighted by molar-refractivity contribution is 6.24. The lowest BCUT2D eigenvalue weighted by molar-refractivity contribution is 0.645. The molecule has 3 nitrogen and oxygen atoms in total. The van der Waals surface area contributed by atoms with Crippen molar-refractivity contribution in [1.29, 1.82) is 0 Å². The number of hydrogen-bond donors (Lipinski definition) is 0. The third-order valence-electron chi connectivity index (χ3n) is 10.3. The molecule has 3 heteroatoms. The van der Waals surface area contributed by atoms with Gasteiger partial charge in [-0.05, 0) is 87.3 Å². The van der Waals surface area contributed by atoms with Crippen LogP contribution in [0.4, 0.5) is 0 Å². The van der Waals surface area contributed by atoms with Gasteiger partial charge in [-0.2, -0.15) is 0 Å². The van der Waals surface area contributed by atoms with Crippen molar-refractivity contribution in [2.45, 2.75) is 0 Å². The van der Waals surface area contributed by atoms with Crippen molar-refractivity contribution in [3.05, 3.63) is 170 Å². The molecule has 0 amide bonds. The van der Waals surface area contributed by atoms with Gasteiger partial charge in [0.2, 0.25) is 5.71 Å². The average Bonchev–Trinajstić information content (AvgIpc) is 3.81. The summed E-state index contributed by atoms with van der Waals surface area (Å²) in [5, 5.41) is 11.0. The SMILES string of the molecule is c1ccc(-n2c3ccccc3c3c4c(-c5ccc6c(ccc7cc(-n8c9ccccc9c9ccccc98)ccc76)c5)cccc4oc32)cc1. The lowest BCUT2D eigenvalue weighted by Crippen LogP contribution is -1.93. The molecule has 3 aromatic heterocycles. The predicted octanol–water partition coefficient (Wildman–Crippen LogP) is 12.6. The van der Waals surface area contributed by atoms with Gasteiger partial charge >= 0.3 is 0 Å². The lowest BCUT2D eigenvalue weighted by Gasteiger charge is -2.12. The zero-order valence-corrected chi connectivity index (χ0v) is 26.5. The Morgan fingerprint density at radius 1 is 0.367 bits per heavy atom. The number of para-hydroxylation sites is 4. The summed E-state index contributed by atoms with van der Waals surface area (Å²) in [4.78, 5) is 0. The van der Waals surface area contributed by atoms with E-state index >= 15 is 0 Å². The largest absolute Gasteiger partial charge is 0.439 e. The molecule has 0 aliphatic rings. The number of aromatic nitrogens is 2. The van der Waals surface area contributed by atoms with E-state index in [0.29, 0.717) is 0 Å². The molecule has 0 fully saturated rings. The van der Waals surface area contributed by atoms with Crippen LogP contribution in [0.15, 0.2) is 174 Å². The second kappa shape index (κ2) is 9.96. The van der Waals surface area contributed by atoms with Crippen molar-refractivity contribution in [3.8, 4) is 22.5 Å².